The van der Waals surface area contributed by atoms with Crippen LogP contribution in [0.25, 0.3) is 55.7 Å². The van der Waals surface area contributed by atoms with Crippen LogP contribution >= 0.6 is 0 Å². The number of benzene rings is 4. The first-order valence-corrected chi connectivity index (χ1v) is 17.9. The second-order valence-electron chi connectivity index (χ2n) is 16.4. The fraction of sp³-hybridized carbons (Fsp3) is 0.333. The molecule has 7 aromatic rings. The van der Waals surface area contributed by atoms with Crippen LogP contribution in [0.1, 0.15) is 104 Å². The van der Waals surface area contributed by atoms with Crippen LogP contribution in [-0.4, -0.2) is 23.9 Å². The average molecular weight is 855 g/mol. The van der Waals surface area contributed by atoms with Gasteiger partial charge in [0.25, 0.3) is 0 Å². The summed E-state index contributed by atoms with van der Waals surface area (Å²) in [5.41, 5.74) is 12.2. The molecule has 0 spiro atoms. The number of nitrogens with zero attached hydrogens (tertiary/aromatic N) is 5. The van der Waals surface area contributed by atoms with Crippen LogP contribution in [0.4, 0.5) is 0 Å². The average Bonchev–Trinajstić information content (AvgIpc) is 3.77. The van der Waals surface area contributed by atoms with Crippen molar-refractivity contribution in [2.24, 2.45) is 7.05 Å². The molecule has 0 saturated heterocycles. The van der Waals surface area contributed by atoms with Gasteiger partial charge in [-0.25, -0.2) is 0 Å². The normalized spacial score (nSPS) is 12.4. The van der Waals surface area contributed by atoms with E-state index in [1.165, 1.54) is 33.3 Å². The van der Waals surface area contributed by atoms with E-state index in [1.807, 2.05) is 24.0 Å². The van der Waals surface area contributed by atoms with Crippen LogP contribution in [0.5, 0.6) is 0 Å². The van der Waals surface area contributed by atoms with Crippen LogP contribution < -0.4 is 0 Å². The smallest absolute Gasteiger partial charge is 0.373 e. The summed E-state index contributed by atoms with van der Waals surface area (Å²) in [5.74, 6) is 1.61. The molecule has 6 heteroatoms. The third kappa shape index (κ3) is 6.33. The summed E-state index contributed by atoms with van der Waals surface area (Å²) in [6.07, 6.45) is 3.80. The maximum Gasteiger partial charge on any atom is 2.00 e. The number of aromatic nitrogens is 5. The molecule has 0 fully saturated rings. The van der Waals surface area contributed by atoms with Gasteiger partial charge in [0.05, 0.1) is 17.2 Å². The number of rotatable bonds is 6. The Hall–Kier alpha value is -4.21. The molecule has 0 radical (unpaired) electrons. The molecule has 0 aliphatic rings. The van der Waals surface area contributed by atoms with E-state index >= 15 is 0 Å². The molecule has 7 rings (SSSR count). The summed E-state index contributed by atoms with van der Waals surface area (Å²) in [4.78, 5) is 4.61. The van der Waals surface area contributed by atoms with Crippen molar-refractivity contribution in [3.8, 4) is 33.9 Å². The second-order valence-corrected chi connectivity index (χ2v) is 16.4. The summed E-state index contributed by atoms with van der Waals surface area (Å²) >= 11 is 0. The molecule has 264 valence electrons. The molecule has 3 aromatic heterocycles. The first-order valence-electron chi connectivity index (χ1n) is 17.9. The third-order valence-corrected chi connectivity index (χ3v) is 9.81. The number of aryl methyl sites for hydroxylation is 1. The van der Waals surface area contributed by atoms with Gasteiger partial charge in [0.15, 0.2) is 0 Å². The van der Waals surface area contributed by atoms with Gasteiger partial charge in [-0.1, -0.05) is 111 Å². The predicted molar refractivity (Wildman–Crippen MR) is 209 cm³/mol. The van der Waals surface area contributed by atoms with Gasteiger partial charge >= 0.3 is 21.1 Å². The van der Waals surface area contributed by atoms with Crippen LogP contribution in [0.3, 0.4) is 0 Å². The van der Waals surface area contributed by atoms with Gasteiger partial charge in [-0.05, 0) is 51.4 Å². The minimum Gasteiger partial charge on any atom is -0.373 e. The molecule has 5 nitrogen and oxygen atoms in total. The zero-order valence-electron chi connectivity index (χ0n) is 31.8. The second kappa shape index (κ2) is 13.4. The quantitative estimate of drug-likeness (QED) is 0.156. The van der Waals surface area contributed by atoms with Crippen molar-refractivity contribution in [1.82, 2.24) is 23.9 Å². The Morgan fingerprint density at radius 3 is 1.94 bits per heavy atom. The fourth-order valence-electron chi connectivity index (χ4n) is 7.49. The van der Waals surface area contributed by atoms with E-state index in [-0.39, 0.29) is 31.9 Å². The van der Waals surface area contributed by atoms with Gasteiger partial charge in [-0.15, -0.1) is 47.3 Å². The first-order chi connectivity index (χ1) is 23.7. The Kier molecular flexibility index (Phi) is 9.61. The first kappa shape index (κ1) is 36.6. The molecule has 0 aliphatic carbocycles. The van der Waals surface area contributed by atoms with Crippen LogP contribution in [0.15, 0.2) is 85.2 Å². The number of hydrogen-bond donors (Lipinski definition) is 0. The molecule has 0 atom stereocenters. The summed E-state index contributed by atoms with van der Waals surface area (Å²) in [6, 6.07) is 33.8. The predicted octanol–water partition coefficient (Wildman–Crippen LogP) is 11.5. The molecule has 0 unspecified atom stereocenters. The van der Waals surface area contributed by atoms with Gasteiger partial charge in [-0.3, -0.25) is 9.67 Å². The van der Waals surface area contributed by atoms with E-state index in [0.29, 0.717) is 11.8 Å². The molecule has 0 bridgehead atoms. The van der Waals surface area contributed by atoms with E-state index in [0.717, 1.165) is 44.9 Å². The Balaban J connectivity index is 0.00000448. The van der Waals surface area contributed by atoms with E-state index in [9.17, 15) is 0 Å². The molecule has 0 N–H and O–H groups in total. The minimum atomic E-state index is -0.218. The van der Waals surface area contributed by atoms with E-state index in [1.54, 1.807) is 0 Å². The number of para-hydroxylation sites is 1. The third-order valence-electron chi connectivity index (χ3n) is 9.81. The van der Waals surface area contributed by atoms with Gasteiger partial charge in [0, 0.05) is 41.4 Å². The minimum absolute atomic E-state index is 0. The zero-order chi connectivity index (χ0) is 35.7. The van der Waals surface area contributed by atoms with Crippen molar-refractivity contribution >= 4 is 21.8 Å². The molecule has 3 heterocycles. The zero-order valence-corrected chi connectivity index (χ0v) is 34.1. The maximum atomic E-state index is 5.57. The van der Waals surface area contributed by atoms with Crippen LogP contribution in [0, 0.1) is 12.1 Å². The fourth-order valence-corrected chi connectivity index (χ4v) is 7.49. The van der Waals surface area contributed by atoms with Crippen molar-refractivity contribution in [3.63, 3.8) is 0 Å². The molecular formula is C45H49N5Pt. The van der Waals surface area contributed by atoms with Crippen molar-refractivity contribution in [2.45, 2.75) is 91.9 Å². The number of hydrogen-bond acceptors (Lipinski definition) is 2. The standard InChI is InChI=1S/C45H49N5.Pt/c1-28(2)33-19-15-20-34(29(3)4)39(33)40-41(44(5,6)7)47-50(42(40)45(8,9)10)32-22-23-36-35-18-12-13-21-37(35)49(38(36)27-32)31-17-14-16-30(26-31)43-46-24-25-48(43)11;/h12-25,28-29H,1-11H3;/q-2;+2. The van der Waals surface area contributed by atoms with Crippen molar-refractivity contribution < 1.29 is 21.1 Å². The summed E-state index contributed by atoms with van der Waals surface area (Å²) in [6.45, 7) is 23.0. The Labute approximate surface area is 318 Å². The summed E-state index contributed by atoms with van der Waals surface area (Å²) < 4.78 is 6.52. The molecule has 0 amide bonds. The van der Waals surface area contributed by atoms with Crippen molar-refractivity contribution in [2.75, 3.05) is 0 Å². The Morgan fingerprint density at radius 1 is 0.667 bits per heavy atom. The Bertz CT molecular complexity index is 2340. The summed E-state index contributed by atoms with van der Waals surface area (Å²) in [7, 11) is 2.02. The molecule has 0 aliphatic heterocycles. The monoisotopic (exact) mass is 854 g/mol. The van der Waals surface area contributed by atoms with E-state index in [2.05, 4.69) is 168 Å². The van der Waals surface area contributed by atoms with E-state index < -0.39 is 0 Å². The van der Waals surface area contributed by atoms with Crippen LogP contribution in [0.2, 0.25) is 0 Å². The Morgan fingerprint density at radius 2 is 1.33 bits per heavy atom. The van der Waals surface area contributed by atoms with Gasteiger partial charge < -0.3 is 9.13 Å². The van der Waals surface area contributed by atoms with Gasteiger partial charge in [0.1, 0.15) is 0 Å². The van der Waals surface area contributed by atoms with Gasteiger partial charge in [-0.2, -0.15) is 11.2 Å². The van der Waals surface area contributed by atoms with E-state index in [4.69, 9.17) is 5.10 Å². The van der Waals surface area contributed by atoms with Crippen LogP contribution in [-0.2, 0) is 38.9 Å². The molecular weight excluding hydrogens is 806 g/mol. The number of fused-ring (bicyclic) bond motifs is 3. The molecule has 4 aromatic carbocycles. The van der Waals surface area contributed by atoms with Crippen molar-refractivity contribution in [1.29, 1.82) is 0 Å². The molecule has 0 saturated carbocycles. The largest absolute Gasteiger partial charge is 2.00 e. The topological polar surface area (TPSA) is 40.6 Å². The SMILES string of the molecule is CC(C)c1cccc(C(C)C)c1-c1c(C(C)(C)C)nn(-c2[c-]c3c(cc2)c2ccccc2n3-c2[c-]c(-c3nccn3C)ccc2)c1C(C)(C)C.[Pt+2]. The number of imidazole rings is 1. The van der Waals surface area contributed by atoms with Crippen molar-refractivity contribution in [3.05, 3.63) is 120 Å². The molecule has 51 heavy (non-hydrogen) atoms. The summed E-state index contributed by atoms with van der Waals surface area (Å²) in [5, 5.41) is 7.90. The van der Waals surface area contributed by atoms with Gasteiger partial charge in [0.2, 0.25) is 0 Å². The maximum absolute atomic E-state index is 5.57.